The van der Waals surface area contributed by atoms with Crippen LogP contribution >= 0.6 is 23.2 Å². The SMILES string of the molecule is CC.CCC(C)CN1C(=O)C(C)N(Cc2ccccc2)C(=O)C1Cc1cccc(C)c1.ClCCl.O=C(O)C(F)(F)F. The summed E-state index contributed by atoms with van der Waals surface area (Å²) < 4.78 is 31.7. The molecule has 3 unspecified atom stereocenters. The minimum Gasteiger partial charge on any atom is -0.475 e. The number of hydrogen-bond donors (Lipinski definition) is 1. The van der Waals surface area contributed by atoms with Gasteiger partial charge in [0.25, 0.3) is 0 Å². The van der Waals surface area contributed by atoms with Crippen LogP contribution in [0, 0.1) is 12.8 Å². The van der Waals surface area contributed by atoms with E-state index in [0.717, 1.165) is 17.5 Å². The molecule has 0 bridgehead atoms. The molecule has 3 atom stereocenters. The highest BCUT2D eigenvalue weighted by Gasteiger charge is 2.44. The molecular weight excluding hydrogens is 580 g/mol. The van der Waals surface area contributed by atoms with E-state index in [4.69, 9.17) is 33.1 Å². The lowest BCUT2D eigenvalue weighted by atomic mass is 9.95. The summed E-state index contributed by atoms with van der Waals surface area (Å²) in [5.74, 6) is -2.30. The van der Waals surface area contributed by atoms with Crippen molar-refractivity contribution in [1.29, 1.82) is 0 Å². The maximum atomic E-state index is 13.6. The van der Waals surface area contributed by atoms with Crippen molar-refractivity contribution in [2.75, 3.05) is 11.9 Å². The lowest BCUT2D eigenvalue weighted by Crippen LogP contribution is -2.64. The zero-order valence-corrected chi connectivity index (χ0v) is 25.9. The van der Waals surface area contributed by atoms with Crippen molar-refractivity contribution in [3.63, 3.8) is 0 Å². The predicted octanol–water partition coefficient (Wildman–Crippen LogP) is 7.29. The quantitative estimate of drug-likeness (QED) is 0.330. The largest absolute Gasteiger partial charge is 0.490 e. The van der Waals surface area contributed by atoms with Crippen molar-refractivity contribution in [2.45, 2.75) is 79.2 Å². The molecule has 2 amide bonds. The average Bonchev–Trinajstić information content (AvgIpc) is 2.93. The molecule has 0 aliphatic carbocycles. The second kappa shape index (κ2) is 19.4. The average molecular weight is 622 g/mol. The monoisotopic (exact) mass is 620 g/mol. The summed E-state index contributed by atoms with van der Waals surface area (Å²) in [6.07, 6.45) is -3.54. The van der Waals surface area contributed by atoms with Crippen LogP contribution in [0.3, 0.4) is 0 Å². The van der Waals surface area contributed by atoms with Gasteiger partial charge in [0.05, 0.1) is 5.34 Å². The Hall–Kier alpha value is -2.78. The number of rotatable bonds is 7. The topological polar surface area (TPSA) is 77.9 Å². The molecule has 1 heterocycles. The minimum absolute atomic E-state index is 0.0470. The number of aryl methyl sites for hydroxylation is 1. The zero-order chi connectivity index (χ0) is 31.8. The summed E-state index contributed by atoms with van der Waals surface area (Å²) in [5.41, 5.74) is 3.31. The summed E-state index contributed by atoms with van der Waals surface area (Å²) in [6, 6.07) is 17.2. The van der Waals surface area contributed by atoms with Crippen LogP contribution in [0.5, 0.6) is 0 Å². The van der Waals surface area contributed by atoms with E-state index in [1.165, 1.54) is 5.56 Å². The van der Waals surface area contributed by atoms with E-state index in [1.54, 1.807) is 4.90 Å². The number of carboxylic acid groups (broad SMARTS) is 1. The summed E-state index contributed by atoms with van der Waals surface area (Å²) in [7, 11) is 0. The summed E-state index contributed by atoms with van der Waals surface area (Å²) in [4.78, 5) is 39.4. The van der Waals surface area contributed by atoms with Crippen molar-refractivity contribution in [3.8, 4) is 0 Å². The fraction of sp³-hybridized carbons (Fsp3) is 0.500. The number of carbonyl (C=O) groups is 3. The number of hydrogen-bond acceptors (Lipinski definition) is 3. The van der Waals surface area contributed by atoms with Gasteiger partial charge in [0, 0.05) is 19.5 Å². The molecule has 1 N–H and O–H groups in total. The Balaban J connectivity index is 0.00000114. The molecule has 1 fully saturated rings. The molecular formula is C30H41Cl2F3N2O4. The summed E-state index contributed by atoms with van der Waals surface area (Å²) >= 11 is 9.53. The highest BCUT2D eigenvalue weighted by Crippen LogP contribution is 2.25. The zero-order valence-electron chi connectivity index (χ0n) is 24.4. The van der Waals surface area contributed by atoms with Crippen LogP contribution in [0.15, 0.2) is 54.6 Å². The molecule has 0 aromatic heterocycles. The summed E-state index contributed by atoms with van der Waals surface area (Å²) in [5, 5.41) is 7.32. The second-order valence-electron chi connectivity index (χ2n) is 9.24. The van der Waals surface area contributed by atoms with Gasteiger partial charge in [0.2, 0.25) is 11.8 Å². The second-order valence-corrected chi connectivity index (χ2v) is 10.1. The Labute approximate surface area is 251 Å². The lowest BCUT2D eigenvalue weighted by molar-refractivity contribution is -0.192. The van der Waals surface area contributed by atoms with Crippen LogP contribution in [-0.2, 0) is 27.3 Å². The standard InChI is InChI=1S/C25H32N2O2.C2HF3O2.C2H6.CH2Cl2/c1-5-18(2)16-27-23(15-22-13-9-10-19(3)14-22)25(29)26(20(4)24(27)28)17-21-11-7-6-8-12-21;3-2(4,5)1(6)7;1-2;2-1-3/h6-14,18,20,23H,5,15-17H2,1-4H3;(H,6,7);1-2H3;1H2. The van der Waals surface area contributed by atoms with Gasteiger partial charge in [-0.05, 0) is 30.9 Å². The van der Waals surface area contributed by atoms with E-state index < -0.39 is 24.2 Å². The van der Waals surface area contributed by atoms with E-state index in [9.17, 15) is 22.8 Å². The highest BCUT2D eigenvalue weighted by atomic mass is 35.5. The molecule has 1 aliphatic rings. The first-order valence-corrected chi connectivity index (χ1v) is 14.5. The maximum Gasteiger partial charge on any atom is 0.490 e. The molecule has 0 saturated carbocycles. The van der Waals surface area contributed by atoms with E-state index in [-0.39, 0.29) is 17.2 Å². The molecule has 41 heavy (non-hydrogen) atoms. The highest BCUT2D eigenvalue weighted by molar-refractivity contribution is 6.40. The van der Waals surface area contributed by atoms with Crippen molar-refractivity contribution in [1.82, 2.24) is 9.80 Å². The number of aliphatic carboxylic acids is 1. The van der Waals surface area contributed by atoms with Crippen LogP contribution in [0.4, 0.5) is 13.2 Å². The molecule has 2 aromatic rings. The van der Waals surface area contributed by atoms with Crippen molar-refractivity contribution in [2.24, 2.45) is 5.92 Å². The number of carbonyl (C=O) groups excluding carboxylic acids is 2. The molecule has 1 aliphatic heterocycles. The molecule has 2 aromatic carbocycles. The number of halogens is 5. The van der Waals surface area contributed by atoms with Gasteiger partial charge >= 0.3 is 12.1 Å². The van der Waals surface area contributed by atoms with Crippen molar-refractivity contribution in [3.05, 3.63) is 71.3 Å². The molecule has 6 nitrogen and oxygen atoms in total. The third-order valence-corrected chi connectivity index (χ3v) is 6.21. The Kier molecular flexibility index (Phi) is 18.0. The number of nitrogens with zero attached hydrogens (tertiary/aromatic N) is 2. The first kappa shape index (κ1) is 38.2. The van der Waals surface area contributed by atoms with Crippen LogP contribution in [0.25, 0.3) is 0 Å². The number of alkyl halides is 5. The van der Waals surface area contributed by atoms with Crippen molar-refractivity contribution >= 4 is 41.0 Å². The fourth-order valence-electron chi connectivity index (χ4n) is 3.98. The van der Waals surface area contributed by atoms with Crippen LogP contribution in [0.1, 0.15) is 57.7 Å². The van der Waals surface area contributed by atoms with E-state index >= 15 is 0 Å². The third-order valence-electron chi connectivity index (χ3n) is 6.21. The number of benzene rings is 2. The molecule has 1 saturated heterocycles. The first-order valence-electron chi connectivity index (χ1n) is 13.4. The van der Waals surface area contributed by atoms with Gasteiger partial charge in [0.15, 0.2) is 0 Å². The van der Waals surface area contributed by atoms with Gasteiger partial charge in [-0.3, -0.25) is 9.59 Å². The van der Waals surface area contributed by atoms with Gasteiger partial charge in [-0.15, -0.1) is 23.2 Å². The van der Waals surface area contributed by atoms with Gasteiger partial charge in [0.1, 0.15) is 12.1 Å². The summed E-state index contributed by atoms with van der Waals surface area (Å²) in [6.45, 7) is 13.3. The lowest BCUT2D eigenvalue weighted by Gasteiger charge is -2.45. The fourth-order valence-corrected chi connectivity index (χ4v) is 3.98. The Morgan fingerprint density at radius 2 is 1.49 bits per heavy atom. The molecule has 0 spiro atoms. The number of carboxylic acids is 1. The van der Waals surface area contributed by atoms with Gasteiger partial charge in [-0.2, -0.15) is 13.2 Å². The van der Waals surface area contributed by atoms with Crippen LogP contribution in [-0.4, -0.2) is 62.8 Å². The van der Waals surface area contributed by atoms with E-state index in [0.29, 0.717) is 25.4 Å². The van der Waals surface area contributed by atoms with Crippen LogP contribution in [0.2, 0.25) is 0 Å². The van der Waals surface area contributed by atoms with E-state index in [1.807, 2.05) is 68.1 Å². The van der Waals surface area contributed by atoms with Gasteiger partial charge in [-0.1, -0.05) is 94.3 Å². The Bertz CT molecular complexity index is 1070. The van der Waals surface area contributed by atoms with Gasteiger partial charge in [-0.25, -0.2) is 4.79 Å². The number of piperazine rings is 1. The molecule has 0 radical (unpaired) electrons. The van der Waals surface area contributed by atoms with E-state index in [2.05, 4.69) is 32.9 Å². The molecule has 3 rings (SSSR count). The smallest absolute Gasteiger partial charge is 0.475 e. The predicted molar refractivity (Wildman–Crippen MR) is 158 cm³/mol. The Morgan fingerprint density at radius 1 is 0.976 bits per heavy atom. The number of amides is 2. The Morgan fingerprint density at radius 3 is 1.95 bits per heavy atom. The third kappa shape index (κ3) is 13.2. The van der Waals surface area contributed by atoms with Gasteiger partial charge < -0.3 is 14.9 Å². The minimum atomic E-state index is -5.08. The van der Waals surface area contributed by atoms with Crippen LogP contribution < -0.4 is 0 Å². The first-order chi connectivity index (χ1) is 19.3. The normalized spacial score (nSPS) is 17.2. The molecule has 11 heteroatoms. The maximum absolute atomic E-state index is 13.6. The molecule has 230 valence electrons. The van der Waals surface area contributed by atoms with Crippen molar-refractivity contribution < 1.29 is 32.7 Å².